The Morgan fingerprint density at radius 2 is 1.95 bits per heavy atom. The third-order valence-corrected chi connectivity index (χ3v) is 4.54. The van der Waals surface area contributed by atoms with Gasteiger partial charge in [-0.05, 0) is 59.0 Å². The molecule has 1 rings (SSSR count). The van der Waals surface area contributed by atoms with E-state index in [1.807, 2.05) is 0 Å². The second-order valence-corrected chi connectivity index (χ2v) is 6.60. The molecule has 0 aromatic rings. The molecule has 0 saturated carbocycles. The number of hydrogen-bond donors (Lipinski definition) is 2. The summed E-state index contributed by atoms with van der Waals surface area (Å²) in [6, 6.07) is 0. The average molecular weight is 300 g/mol. The molecule has 0 spiro atoms. The Labute approximate surface area is 131 Å². The van der Waals surface area contributed by atoms with Gasteiger partial charge in [0.2, 0.25) is 0 Å². The SMILES string of the molecule is CCCNC(C)(CO)CCCCN1CCC(OCC)CC1. The van der Waals surface area contributed by atoms with Gasteiger partial charge < -0.3 is 20.1 Å². The first kappa shape index (κ1) is 18.9. The summed E-state index contributed by atoms with van der Waals surface area (Å²) in [5, 5.41) is 13.0. The molecule has 1 saturated heterocycles. The van der Waals surface area contributed by atoms with Crippen molar-refractivity contribution in [3.63, 3.8) is 0 Å². The molecule has 1 aliphatic rings. The van der Waals surface area contributed by atoms with Gasteiger partial charge in [0.15, 0.2) is 0 Å². The number of likely N-dealkylation sites (tertiary alicyclic amines) is 1. The van der Waals surface area contributed by atoms with Crippen molar-refractivity contribution in [2.45, 2.75) is 70.9 Å². The second kappa shape index (κ2) is 10.5. The molecule has 1 heterocycles. The van der Waals surface area contributed by atoms with Gasteiger partial charge in [-0.2, -0.15) is 0 Å². The zero-order valence-corrected chi connectivity index (χ0v) is 14.4. The van der Waals surface area contributed by atoms with Crippen molar-refractivity contribution < 1.29 is 9.84 Å². The molecule has 1 aliphatic heterocycles. The van der Waals surface area contributed by atoms with Crippen LogP contribution in [-0.2, 0) is 4.74 Å². The maximum atomic E-state index is 9.55. The van der Waals surface area contributed by atoms with Crippen molar-refractivity contribution in [3.8, 4) is 0 Å². The molecule has 4 heteroatoms. The lowest BCUT2D eigenvalue weighted by atomic mass is 9.95. The molecule has 2 N–H and O–H groups in total. The van der Waals surface area contributed by atoms with E-state index in [-0.39, 0.29) is 12.1 Å². The summed E-state index contributed by atoms with van der Waals surface area (Å²) in [7, 11) is 0. The van der Waals surface area contributed by atoms with Crippen LogP contribution in [-0.4, -0.2) is 61.0 Å². The van der Waals surface area contributed by atoms with Crippen LogP contribution >= 0.6 is 0 Å². The van der Waals surface area contributed by atoms with E-state index in [4.69, 9.17) is 4.74 Å². The monoisotopic (exact) mass is 300 g/mol. The van der Waals surface area contributed by atoms with Crippen molar-refractivity contribution >= 4 is 0 Å². The quantitative estimate of drug-likeness (QED) is 0.575. The molecule has 1 unspecified atom stereocenters. The Morgan fingerprint density at radius 1 is 1.24 bits per heavy atom. The summed E-state index contributed by atoms with van der Waals surface area (Å²) in [4.78, 5) is 2.56. The fraction of sp³-hybridized carbons (Fsp3) is 1.00. The Kier molecular flexibility index (Phi) is 9.49. The van der Waals surface area contributed by atoms with E-state index in [1.165, 1.54) is 45.3 Å². The molecular weight excluding hydrogens is 264 g/mol. The van der Waals surface area contributed by atoms with Crippen molar-refractivity contribution in [2.24, 2.45) is 0 Å². The molecule has 0 amide bonds. The number of unbranched alkanes of at least 4 members (excludes halogenated alkanes) is 1. The summed E-state index contributed by atoms with van der Waals surface area (Å²) in [6.07, 6.45) is 7.42. The highest BCUT2D eigenvalue weighted by Gasteiger charge is 2.22. The predicted octanol–water partition coefficient (Wildman–Crippen LogP) is 2.41. The molecule has 1 atom stereocenters. The van der Waals surface area contributed by atoms with Crippen LogP contribution in [0.3, 0.4) is 0 Å². The minimum absolute atomic E-state index is 0.0992. The van der Waals surface area contributed by atoms with Gasteiger partial charge in [-0.15, -0.1) is 0 Å². The number of rotatable bonds is 11. The van der Waals surface area contributed by atoms with E-state index in [0.717, 1.165) is 26.0 Å². The molecule has 0 radical (unpaired) electrons. The minimum Gasteiger partial charge on any atom is -0.394 e. The molecule has 0 aromatic heterocycles. The van der Waals surface area contributed by atoms with Gasteiger partial charge in [0.05, 0.1) is 12.7 Å². The normalized spacial score (nSPS) is 20.6. The maximum Gasteiger partial charge on any atom is 0.0610 e. The second-order valence-electron chi connectivity index (χ2n) is 6.60. The number of hydrogen-bond acceptors (Lipinski definition) is 4. The fourth-order valence-corrected chi connectivity index (χ4v) is 3.04. The molecule has 4 nitrogen and oxygen atoms in total. The zero-order valence-electron chi connectivity index (χ0n) is 14.4. The number of aliphatic hydroxyl groups excluding tert-OH is 1. The first-order chi connectivity index (χ1) is 10.1. The number of nitrogens with one attached hydrogen (secondary N) is 1. The van der Waals surface area contributed by atoms with Gasteiger partial charge in [0, 0.05) is 25.2 Å². The van der Waals surface area contributed by atoms with E-state index in [9.17, 15) is 5.11 Å². The van der Waals surface area contributed by atoms with E-state index >= 15 is 0 Å². The first-order valence-electron chi connectivity index (χ1n) is 8.83. The van der Waals surface area contributed by atoms with Gasteiger partial charge in [-0.3, -0.25) is 0 Å². The number of piperidine rings is 1. The summed E-state index contributed by atoms with van der Waals surface area (Å²) in [6.45, 7) is 12.0. The highest BCUT2D eigenvalue weighted by molar-refractivity contribution is 4.82. The Bertz CT molecular complexity index is 255. The van der Waals surface area contributed by atoms with Crippen molar-refractivity contribution in [2.75, 3.05) is 39.4 Å². The smallest absolute Gasteiger partial charge is 0.0610 e. The molecule has 1 fully saturated rings. The van der Waals surface area contributed by atoms with Crippen LogP contribution < -0.4 is 5.32 Å². The van der Waals surface area contributed by atoms with E-state index < -0.39 is 0 Å². The van der Waals surface area contributed by atoms with Gasteiger partial charge >= 0.3 is 0 Å². The lowest BCUT2D eigenvalue weighted by molar-refractivity contribution is 0.0138. The summed E-state index contributed by atoms with van der Waals surface area (Å²) >= 11 is 0. The largest absolute Gasteiger partial charge is 0.394 e. The van der Waals surface area contributed by atoms with Gasteiger partial charge in [0.1, 0.15) is 0 Å². The number of nitrogens with zero attached hydrogens (tertiary/aromatic N) is 1. The highest BCUT2D eigenvalue weighted by atomic mass is 16.5. The van der Waals surface area contributed by atoms with Crippen LogP contribution in [0.25, 0.3) is 0 Å². The van der Waals surface area contributed by atoms with Crippen LogP contribution in [0.5, 0.6) is 0 Å². The van der Waals surface area contributed by atoms with Gasteiger partial charge in [-0.1, -0.05) is 13.3 Å². The van der Waals surface area contributed by atoms with Crippen LogP contribution in [0.2, 0.25) is 0 Å². The van der Waals surface area contributed by atoms with Crippen molar-refractivity contribution in [3.05, 3.63) is 0 Å². The summed E-state index contributed by atoms with van der Waals surface area (Å²) in [5.41, 5.74) is -0.0992. The lowest BCUT2D eigenvalue weighted by Crippen LogP contribution is -2.46. The third-order valence-electron chi connectivity index (χ3n) is 4.54. The van der Waals surface area contributed by atoms with Crippen LogP contribution in [0.1, 0.15) is 59.3 Å². The third kappa shape index (κ3) is 7.59. The van der Waals surface area contributed by atoms with E-state index in [2.05, 4.69) is 31.0 Å². The van der Waals surface area contributed by atoms with Crippen LogP contribution in [0.15, 0.2) is 0 Å². The summed E-state index contributed by atoms with van der Waals surface area (Å²) < 4.78 is 5.69. The van der Waals surface area contributed by atoms with E-state index in [0.29, 0.717) is 6.10 Å². The Morgan fingerprint density at radius 3 is 2.52 bits per heavy atom. The van der Waals surface area contributed by atoms with Crippen LogP contribution in [0, 0.1) is 0 Å². The molecular formula is C17H36N2O2. The standard InChI is InChI=1S/C17H36N2O2/c1-4-11-18-17(3,15-20)10-6-7-12-19-13-8-16(9-14-19)21-5-2/h16,18,20H,4-15H2,1-3H3. The van der Waals surface area contributed by atoms with Crippen molar-refractivity contribution in [1.82, 2.24) is 10.2 Å². The first-order valence-corrected chi connectivity index (χ1v) is 8.83. The molecule has 0 aliphatic carbocycles. The minimum atomic E-state index is -0.0992. The molecule has 21 heavy (non-hydrogen) atoms. The highest BCUT2D eigenvalue weighted by Crippen LogP contribution is 2.16. The van der Waals surface area contributed by atoms with E-state index in [1.54, 1.807) is 0 Å². The van der Waals surface area contributed by atoms with Gasteiger partial charge in [-0.25, -0.2) is 0 Å². The maximum absolute atomic E-state index is 9.55. The number of ether oxygens (including phenoxy) is 1. The Balaban J connectivity index is 2.11. The van der Waals surface area contributed by atoms with Crippen LogP contribution in [0.4, 0.5) is 0 Å². The average Bonchev–Trinajstić information content (AvgIpc) is 2.51. The zero-order chi connectivity index (χ0) is 15.6. The fourth-order valence-electron chi connectivity index (χ4n) is 3.04. The van der Waals surface area contributed by atoms with Gasteiger partial charge in [0.25, 0.3) is 0 Å². The lowest BCUT2D eigenvalue weighted by Gasteiger charge is -2.32. The summed E-state index contributed by atoms with van der Waals surface area (Å²) in [5.74, 6) is 0. The molecule has 126 valence electrons. The topological polar surface area (TPSA) is 44.7 Å². The molecule has 0 bridgehead atoms. The molecule has 0 aromatic carbocycles. The number of aliphatic hydroxyl groups is 1. The predicted molar refractivity (Wildman–Crippen MR) is 88.7 cm³/mol. The Hall–Kier alpha value is -0.160. The van der Waals surface area contributed by atoms with Crippen molar-refractivity contribution in [1.29, 1.82) is 0 Å².